The van der Waals surface area contributed by atoms with Crippen LogP contribution in [0.15, 0.2) is 42.5 Å². The second-order valence-electron chi connectivity index (χ2n) is 13.7. The van der Waals surface area contributed by atoms with E-state index in [4.69, 9.17) is 21.3 Å². The second-order valence-corrected chi connectivity index (χ2v) is 15.2. The largest absolute Gasteiger partial charge is 0.483 e. The average molecular weight is 799 g/mol. The van der Waals surface area contributed by atoms with Crippen LogP contribution in [0.1, 0.15) is 93.1 Å². The van der Waals surface area contributed by atoms with Crippen molar-refractivity contribution in [2.75, 3.05) is 19.7 Å². The van der Waals surface area contributed by atoms with Crippen LogP contribution in [0.4, 0.5) is 0 Å². The maximum atomic E-state index is 13.4. The molecule has 56 heavy (non-hydrogen) atoms. The highest BCUT2D eigenvalue weighted by atomic mass is 35.5. The topological polar surface area (TPSA) is 194 Å². The van der Waals surface area contributed by atoms with Crippen molar-refractivity contribution >= 4 is 74.4 Å². The van der Waals surface area contributed by atoms with Crippen molar-refractivity contribution < 1.29 is 33.5 Å². The zero-order chi connectivity index (χ0) is 39.5. The monoisotopic (exact) mass is 798 g/mol. The third-order valence-electron chi connectivity index (χ3n) is 9.91. The Morgan fingerprint density at radius 1 is 0.929 bits per heavy atom. The Morgan fingerprint density at radius 3 is 2.38 bits per heavy atom. The van der Waals surface area contributed by atoms with Gasteiger partial charge in [-0.3, -0.25) is 43.4 Å². The summed E-state index contributed by atoms with van der Waals surface area (Å²) in [5.41, 5.74) is 2.53. The van der Waals surface area contributed by atoms with Crippen LogP contribution in [0.2, 0.25) is 5.02 Å². The van der Waals surface area contributed by atoms with Gasteiger partial charge in [0.15, 0.2) is 6.61 Å². The molecule has 0 spiro atoms. The lowest BCUT2D eigenvalue weighted by Gasteiger charge is -2.27. The molecule has 5 aromatic rings. The predicted molar refractivity (Wildman–Crippen MR) is 208 cm³/mol. The van der Waals surface area contributed by atoms with Gasteiger partial charge in [-0.25, -0.2) is 4.98 Å². The maximum Gasteiger partial charge on any atom is 0.266 e. The average Bonchev–Trinajstić information content (AvgIpc) is 3.81. The van der Waals surface area contributed by atoms with Crippen LogP contribution in [0.5, 0.6) is 5.75 Å². The van der Waals surface area contributed by atoms with E-state index in [0.29, 0.717) is 34.6 Å². The Bertz CT molecular complexity index is 2390. The lowest BCUT2D eigenvalue weighted by molar-refractivity contribution is -0.136. The molecule has 1 atom stereocenters. The Morgan fingerprint density at radius 2 is 1.64 bits per heavy atom. The number of nitrogens with one attached hydrogen (secondary N) is 3. The van der Waals surface area contributed by atoms with Crippen LogP contribution in [-0.4, -0.2) is 85.7 Å². The number of aromatic nitrogens is 4. The van der Waals surface area contributed by atoms with Gasteiger partial charge in [-0.15, -0.1) is 21.5 Å². The van der Waals surface area contributed by atoms with Crippen molar-refractivity contribution in [3.8, 4) is 17.0 Å². The number of halogens is 1. The van der Waals surface area contributed by atoms with E-state index in [1.54, 1.807) is 6.07 Å². The summed E-state index contributed by atoms with van der Waals surface area (Å²) < 4.78 is 7.53. The zero-order valence-electron chi connectivity index (χ0n) is 30.8. The maximum absolute atomic E-state index is 13.4. The minimum absolute atomic E-state index is 0.00439. The van der Waals surface area contributed by atoms with Crippen LogP contribution in [0, 0.1) is 13.8 Å². The summed E-state index contributed by atoms with van der Waals surface area (Å²) >= 11 is 7.54. The Hall–Kier alpha value is -5.74. The van der Waals surface area contributed by atoms with Crippen molar-refractivity contribution in [3.63, 3.8) is 0 Å². The van der Waals surface area contributed by atoms with Gasteiger partial charge in [-0.1, -0.05) is 55.5 Å². The fourth-order valence-electron chi connectivity index (χ4n) is 7.05. The van der Waals surface area contributed by atoms with Crippen LogP contribution >= 0.6 is 22.9 Å². The van der Waals surface area contributed by atoms with Crippen molar-refractivity contribution in [2.45, 2.75) is 71.3 Å². The number of imide groups is 2. The Kier molecular flexibility index (Phi) is 11.4. The molecule has 6 amide bonds. The highest BCUT2D eigenvalue weighted by Gasteiger charge is 2.46. The first-order valence-corrected chi connectivity index (χ1v) is 19.7. The van der Waals surface area contributed by atoms with Gasteiger partial charge in [0, 0.05) is 35.5 Å². The van der Waals surface area contributed by atoms with E-state index in [0.717, 1.165) is 70.5 Å². The van der Waals surface area contributed by atoms with E-state index >= 15 is 0 Å². The van der Waals surface area contributed by atoms with Crippen molar-refractivity contribution in [1.29, 1.82) is 0 Å². The number of unbranched alkanes of at least 4 members (excludes halogenated alkanes) is 5. The van der Waals surface area contributed by atoms with Crippen molar-refractivity contribution in [3.05, 3.63) is 74.9 Å². The van der Waals surface area contributed by atoms with Gasteiger partial charge in [-0.05, 0) is 62.9 Å². The number of nitrogens with zero attached hydrogens (tertiary/aromatic N) is 5. The molecule has 17 heteroatoms. The molecular weight excluding hydrogens is 760 g/mol. The Balaban J connectivity index is 0.817. The quantitative estimate of drug-likeness (QED) is 0.0965. The van der Waals surface area contributed by atoms with Crippen LogP contribution in [0.3, 0.4) is 0 Å². The summed E-state index contributed by atoms with van der Waals surface area (Å²) in [4.78, 5) is 83.2. The fraction of sp³-hybridized carbons (Fsp3) is 0.359. The normalized spacial score (nSPS) is 15.4. The van der Waals surface area contributed by atoms with Gasteiger partial charge < -0.3 is 15.4 Å². The minimum atomic E-state index is -1.09. The number of carbonyl (C=O) groups excluding carboxylic acids is 6. The fourth-order valence-corrected chi connectivity index (χ4v) is 8.45. The molecule has 2 aliphatic rings. The van der Waals surface area contributed by atoms with Gasteiger partial charge >= 0.3 is 0 Å². The molecule has 2 aliphatic heterocycles. The summed E-state index contributed by atoms with van der Waals surface area (Å²) in [7, 11) is 0. The lowest BCUT2D eigenvalue weighted by Crippen LogP contribution is -2.54. The first-order chi connectivity index (χ1) is 27.0. The number of hydrogen-bond acceptors (Lipinski definition) is 11. The van der Waals surface area contributed by atoms with Gasteiger partial charge in [0.05, 0.1) is 21.7 Å². The molecule has 290 valence electrons. The van der Waals surface area contributed by atoms with Crippen LogP contribution in [0.25, 0.3) is 27.3 Å². The molecule has 3 aromatic heterocycles. The van der Waals surface area contributed by atoms with E-state index in [1.165, 1.54) is 23.5 Å². The third-order valence-corrected chi connectivity index (χ3v) is 11.4. The molecule has 1 unspecified atom stereocenters. The van der Waals surface area contributed by atoms with E-state index in [9.17, 15) is 28.8 Å². The second kappa shape index (κ2) is 16.5. The van der Waals surface area contributed by atoms with Crippen LogP contribution < -0.4 is 20.7 Å². The molecule has 1 saturated heterocycles. The third kappa shape index (κ3) is 7.71. The molecule has 0 saturated carbocycles. The van der Waals surface area contributed by atoms with E-state index in [2.05, 4.69) is 26.1 Å². The molecule has 1 fully saturated rings. The number of rotatable bonds is 15. The number of benzene rings is 2. The van der Waals surface area contributed by atoms with Gasteiger partial charge in [0.2, 0.25) is 11.8 Å². The number of hydrogen-bond donors (Lipinski definition) is 3. The molecule has 0 bridgehead atoms. The highest BCUT2D eigenvalue weighted by Crippen LogP contribution is 2.38. The molecule has 15 nitrogen and oxygen atoms in total. The molecule has 2 aromatic carbocycles. The van der Waals surface area contributed by atoms with Gasteiger partial charge in [0.1, 0.15) is 22.4 Å². The van der Waals surface area contributed by atoms with Crippen molar-refractivity contribution in [2.24, 2.45) is 0 Å². The number of carbonyl (C=O) groups is 6. The van der Waals surface area contributed by atoms with E-state index < -0.39 is 29.7 Å². The molecule has 0 aliphatic carbocycles. The number of amides is 6. The first kappa shape index (κ1) is 38.5. The van der Waals surface area contributed by atoms with Gasteiger partial charge in [0.25, 0.3) is 29.4 Å². The predicted octanol–water partition coefficient (Wildman–Crippen LogP) is 4.94. The SMILES string of the molecule is Cc1c(C(=O)NCCCCCCCCNC(=O)COc2cccc3c2C(=O)N(C2CCC(=O)NC2=O)C3=O)sc2c1c(-c1ccc(Cl)cc1)nc1nnc(C)n12. The number of ether oxygens (including phenoxy) is 1. The summed E-state index contributed by atoms with van der Waals surface area (Å²) in [6.07, 6.45) is 5.48. The smallest absolute Gasteiger partial charge is 0.266 e. The number of fused-ring (bicyclic) bond motifs is 4. The standard InChI is InChI=1S/C39H39ClN8O7S/c1-21-30-32(23-12-14-24(40)15-13-23)44-39-46-45-22(2)47(39)38(30)56-33(21)35(52)42-19-8-6-4-3-5-7-18-41-29(50)20-55-27-11-9-10-25-31(27)37(54)48(36(25)53)26-16-17-28(49)43-34(26)51/h9-15,26H,3-8,16-20H2,1-2H3,(H,41,50)(H,42,52)(H,43,49,51). The summed E-state index contributed by atoms with van der Waals surface area (Å²) in [6.45, 7) is 4.45. The highest BCUT2D eigenvalue weighted by molar-refractivity contribution is 7.20. The molecule has 5 heterocycles. The minimum Gasteiger partial charge on any atom is -0.483 e. The Labute approximate surface area is 330 Å². The summed E-state index contributed by atoms with van der Waals surface area (Å²) in [5.74, 6) is -1.76. The zero-order valence-corrected chi connectivity index (χ0v) is 32.3. The molecule has 3 N–H and O–H groups in total. The lowest BCUT2D eigenvalue weighted by atomic mass is 10.0. The summed E-state index contributed by atoms with van der Waals surface area (Å²) in [5, 5.41) is 18.0. The molecule has 0 radical (unpaired) electrons. The number of thiophene rings is 1. The molecular formula is C39H39ClN8O7S. The van der Waals surface area contributed by atoms with Crippen LogP contribution in [-0.2, 0) is 14.4 Å². The summed E-state index contributed by atoms with van der Waals surface area (Å²) in [6, 6.07) is 10.8. The number of piperidine rings is 1. The van der Waals surface area contributed by atoms with E-state index in [1.807, 2.05) is 42.5 Å². The van der Waals surface area contributed by atoms with Gasteiger partial charge in [-0.2, -0.15) is 0 Å². The molecule has 7 rings (SSSR count). The van der Waals surface area contributed by atoms with E-state index in [-0.39, 0.29) is 48.1 Å². The first-order valence-electron chi connectivity index (χ1n) is 18.5. The van der Waals surface area contributed by atoms with Crippen molar-refractivity contribution in [1.82, 2.24) is 40.4 Å². The number of aryl methyl sites for hydroxylation is 2.